The number of nitrogens with one attached hydrogen (secondary N) is 1. The standard InChI is InChI=1S/C19H25N3O2/c1-15-7-6-8-16(13-15)10-12-21-19(23)22(2)18(14-24-3)17-9-4-5-11-20-17/h4-9,11,13,18H,10,12,14H2,1-3H3,(H,21,23)/t18-/m0/s1. The highest BCUT2D eigenvalue weighted by Crippen LogP contribution is 2.17. The Hall–Kier alpha value is -2.40. The van der Waals surface area contributed by atoms with Crippen molar-refractivity contribution >= 4 is 6.03 Å². The van der Waals surface area contributed by atoms with Gasteiger partial charge in [0.1, 0.15) is 0 Å². The average Bonchev–Trinajstić information content (AvgIpc) is 2.60. The SMILES string of the molecule is COC[C@@H](c1ccccn1)N(C)C(=O)NCCc1cccc(C)c1. The van der Waals surface area contributed by atoms with Crippen LogP contribution in [0.2, 0.25) is 0 Å². The van der Waals surface area contributed by atoms with Crippen LogP contribution in [0.3, 0.4) is 0 Å². The summed E-state index contributed by atoms with van der Waals surface area (Å²) >= 11 is 0. The number of pyridine rings is 1. The summed E-state index contributed by atoms with van der Waals surface area (Å²) in [6, 6.07) is 13.6. The van der Waals surface area contributed by atoms with Crippen molar-refractivity contribution in [3.63, 3.8) is 0 Å². The number of hydrogen-bond acceptors (Lipinski definition) is 3. The fourth-order valence-electron chi connectivity index (χ4n) is 2.57. The van der Waals surface area contributed by atoms with Crippen LogP contribution in [0.25, 0.3) is 0 Å². The summed E-state index contributed by atoms with van der Waals surface area (Å²) in [5.41, 5.74) is 3.26. The highest BCUT2D eigenvalue weighted by Gasteiger charge is 2.22. The third-order valence-corrected chi connectivity index (χ3v) is 3.91. The van der Waals surface area contributed by atoms with Crippen LogP contribution in [0.4, 0.5) is 4.79 Å². The van der Waals surface area contributed by atoms with Gasteiger partial charge >= 0.3 is 6.03 Å². The molecule has 0 fully saturated rings. The molecule has 0 bridgehead atoms. The number of urea groups is 1. The first-order valence-corrected chi connectivity index (χ1v) is 8.08. The van der Waals surface area contributed by atoms with E-state index in [2.05, 4.69) is 35.4 Å². The number of ether oxygens (including phenoxy) is 1. The number of aromatic nitrogens is 1. The Bertz CT molecular complexity index is 646. The molecule has 0 unspecified atom stereocenters. The Morgan fingerprint density at radius 3 is 2.79 bits per heavy atom. The molecular formula is C19H25N3O2. The van der Waals surface area contributed by atoms with E-state index in [1.54, 1.807) is 25.3 Å². The molecule has 1 N–H and O–H groups in total. The summed E-state index contributed by atoms with van der Waals surface area (Å²) in [5.74, 6) is 0. The van der Waals surface area contributed by atoms with E-state index >= 15 is 0 Å². The first-order chi connectivity index (χ1) is 11.6. The summed E-state index contributed by atoms with van der Waals surface area (Å²) in [5, 5.41) is 2.96. The van der Waals surface area contributed by atoms with Gasteiger partial charge in [-0.15, -0.1) is 0 Å². The molecule has 0 aliphatic rings. The van der Waals surface area contributed by atoms with Gasteiger partial charge in [0.2, 0.25) is 0 Å². The molecule has 5 heteroatoms. The van der Waals surface area contributed by atoms with Crippen molar-refractivity contribution in [2.75, 3.05) is 27.3 Å². The first-order valence-electron chi connectivity index (χ1n) is 8.08. The second kappa shape index (κ2) is 9.03. The largest absolute Gasteiger partial charge is 0.382 e. The number of carbonyl (C=O) groups is 1. The van der Waals surface area contributed by atoms with Crippen LogP contribution >= 0.6 is 0 Å². The number of hydrogen-bond donors (Lipinski definition) is 1. The van der Waals surface area contributed by atoms with E-state index in [1.807, 2.05) is 24.3 Å². The maximum atomic E-state index is 12.4. The molecule has 0 saturated carbocycles. The lowest BCUT2D eigenvalue weighted by Crippen LogP contribution is -2.42. The Labute approximate surface area is 143 Å². The lowest BCUT2D eigenvalue weighted by molar-refractivity contribution is 0.114. The molecule has 2 rings (SSSR count). The van der Waals surface area contributed by atoms with Crippen LogP contribution in [-0.2, 0) is 11.2 Å². The summed E-state index contributed by atoms with van der Waals surface area (Å²) in [6.45, 7) is 3.06. The van der Waals surface area contributed by atoms with Gasteiger partial charge in [-0.25, -0.2) is 4.79 Å². The van der Waals surface area contributed by atoms with E-state index in [4.69, 9.17) is 4.74 Å². The summed E-state index contributed by atoms with van der Waals surface area (Å²) in [7, 11) is 3.39. The van der Waals surface area contributed by atoms with Crippen LogP contribution < -0.4 is 5.32 Å². The van der Waals surface area contributed by atoms with E-state index < -0.39 is 0 Å². The lowest BCUT2D eigenvalue weighted by atomic mass is 10.1. The minimum absolute atomic E-state index is 0.129. The van der Waals surface area contributed by atoms with Crippen molar-refractivity contribution in [2.45, 2.75) is 19.4 Å². The third-order valence-electron chi connectivity index (χ3n) is 3.91. The Morgan fingerprint density at radius 2 is 2.12 bits per heavy atom. The predicted molar refractivity (Wildman–Crippen MR) is 94.9 cm³/mol. The molecule has 24 heavy (non-hydrogen) atoms. The van der Waals surface area contributed by atoms with E-state index in [1.165, 1.54) is 11.1 Å². The normalized spacial score (nSPS) is 11.8. The van der Waals surface area contributed by atoms with Crippen molar-refractivity contribution in [1.29, 1.82) is 0 Å². The molecule has 0 saturated heterocycles. The van der Waals surface area contributed by atoms with E-state index in [9.17, 15) is 4.79 Å². The Morgan fingerprint density at radius 1 is 1.29 bits per heavy atom. The third kappa shape index (κ3) is 5.06. The highest BCUT2D eigenvalue weighted by atomic mass is 16.5. The topological polar surface area (TPSA) is 54.5 Å². The molecule has 5 nitrogen and oxygen atoms in total. The smallest absolute Gasteiger partial charge is 0.317 e. The molecular weight excluding hydrogens is 302 g/mol. The molecule has 0 spiro atoms. The van der Waals surface area contributed by atoms with Gasteiger partial charge in [0, 0.05) is 26.9 Å². The summed E-state index contributed by atoms with van der Waals surface area (Å²) in [6.07, 6.45) is 2.53. The lowest BCUT2D eigenvalue weighted by Gasteiger charge is -2.27. The molecule has 0 aliphatic carbocycles. The van der Waals surface area contributed by atoms with Crippen molar-refractivity contribution in [2.24, 2.45) is 0 Å². The molecule has 128 valence electrons. The fraction of sp³-hybridized carbons (Fsp3) is 0.368. The molecule has 1 aromatic carbocycles. The van der Waals surface area contributed by atoms with Crippen molar-refractivity contribution in [3.05, 3.63) is 65.5 Å². The zero-order valence-electron chi connectivity index (χ0n) is 14.5. The molecule has 1 atom stereocenters. The van der Waals surface area contributed by atoms with E-state index in [0.29, 0.717) is 13.2 Å². The Kier molecular flexibility index (Phi) is 6.75. The van der Waals surface area contributed by atoms with Crippen LogP contribution in [0.5, 0.6) is 0 Å². The number of aryl methyl sites for hydroxylation is 1. The van der Waals surface area contributed by atoms with Gasteiger partial charge < -0.3 is 15.0 Å². The van der Waals surface area contributed by atoms with E-state index in [0.717, 1.165) is 12.1 Å². The van der Waals surface area contributed by atoms with Crippen LogP contribution in [-0.4, -0.2) is 43.2 Å². The number of benzene rings is 1. The number of methoxy groups -OCH3 is 1. The average molecular weight is 327 g/mol. The van der Waals surface area contributed by atoms with Crippen molar-refractivity contribution in [3.8, 4) is 0 Å². The van der Waals surface area contributed by atoms with Crippen LogP contribution in [0, 0.1) is 6.92 Å². The molecule has 1 aromatic heterocycles. The van der Waals surface area contributed by atoms with Gasteiger partial charge in [-0.05, 0) is 31.0 Å². The predicted octanol–water partition coefficient (Wildman–Crippen LogP) is 2.96. The van der Waals surface area contributed by atoms with Gasteiger partial charge in [0.05, 0.1) is 18.3 Å². The van der Waals surface area contributed by atoms with Gasteiger partial charge in [-0.2, -0.15) is 0 Å². The minimum atomic E-state index is -0.213. The van der Waals surface area contributed by atoms with Gasteiger partial charge in [0.15, 0.2) is 0 Å². The quantitative estimate of drug-likeness (QED) is 0.850. The monoisotopic (exact) mass is 327 g/mol. The second-order valence-corrected chi connectivity index (χ2v) is 5.81. The molecule has 0 radical (unpaired) electrons. The number of amides is 2. The van der Waals surface area contributed by atoms with Gasteiger partial charge in [0.25, 0.3) is 0 Å². The zero-order valence-corrected chi connectivity index (χ0v) is 14.5. The number of carbonyl (C=O) groups excluding carboxylic acids is 1. The zero-order chi connectivity index (χ0) is 17.4. The molecule has 2 amide bonds. The number of rotatable bonds is 7. The number of nitrogens with zero attached hydrogens (tertiary/aromatic N) is 2. The second-order valence-electron chi connectivity index (χ2n) is 5.81. The minimum Gasteiger partial charge on any atom is -0.382 e. The molecule has 1 heterocycles. The van der Waals surface area contributed by atoms with Gasteiger partial charge in [-0.3, -0.25) is 4.98 Å². The summed E-state index contributed by atoms with van der Waals surface area (Å²) in [4.78, 5) is 18.4. The van der Waals surface area contributed by atoms with E-state index in [-0.39, 0.29) is 12.1 Å². The maximum Gasteiger partial charge on any atom is 0.317 e. The Balaban J connectivity index is 1.92. The van der Waals surface area contributed by atoms with Crippen molar-refractivity contribution in [1.82, 2.24) is 15.2 Å². The maximum absolute atomic E-state index is 12.4. The first kappa shape index (κ1) is 17.9. The molecule has 2 aromatic rings. The summed E-state index contributed by atoms with van der Waals surface area (Å²) < 4.78 is 5.25. The molecule has 0 aliphatic heterocycles. The van der Waals surface area contributed by atoms with Crippen LogP contribution in [0.1, 0.15) is 22.9 Å². The van der Waals surface area contributed by atoms with Crippen molar-refractivity contribution < 1.29 is 9.53 Å². The van der Waals surface area contributed by atoms with Crippen LogP contribution in [0.15, 0.2) is 48.7 Å². The van der Waals surface area contributed by atoms with Gasteiger partial charge in [-0.1, -0.05) is 35.9 Å². The fourth-order valence-corrected chi connectivity index (χ4v) is 2.57. The number of likely N-dealkylation sites (N-methyl/N-ethyl adjacent to an activating group) is 1. The highest BCUT2D eigenvalue weighted by molar-refractivity contribution is 5.74.